The van der Waals surface area contributed by atoms with E-state index >= 15 is 0 Å². The number of aryl methyl sites for hydroxylation is 1. The molecule has 2 amide bonds. The first-order valence-electron chi connectivity index (χ1n) is 9.17. The molecule has 1 heterocycles. The molecule has 4 nitrogen and oxygen atoms in total. The van der Waals surface area contributed by atoms with Crippen LogP contribution in [0, 0.1) is 0 Å². The Labute approximate surface area is 153 Å². The van der Waals surface area contributed by atoms with Crippen LogP contribution in [0.25, 0.3) is 6.08 Å². The Balaban J connectivity index is 1.37. The van der Waals surface area contributed by atoms with Crippen LogP contribution in [0.1, 0.15) is 42.0 Å². The minimum absolute atomic E-state index is 0.0782. The van der Waals surface area contributed by atoms with Crippen molar-refractivity contribution in [2.45, 2.75) is 31.7 Å². The molecular weight excluding hydrogens is 324 g/mol. The molecule has 0 aromatic heterocycles. The van der Waals surface area contributed by atoms with Gasteiger partial charge in [0.2, 0.25) is 11.8 Å². The highest BCUT2D eigenvalue weighted by molar-refractivity contribution is 5.95. The van der Waals surface area contributed by atoms with Crippen molar-refractivity contribution < 1.29 is 9.59 Å². The second-order valence-electron chi connectivity index (χ2n) is 6.87. The van der Waals surface area contributed by atoms with Crippen LogP contribution in [0.5, 0.6) is 0 Å². The first-order chi connectivity index (χ1) is 12.7. The van der Waals surface area contributed by atoms with Crippen molar-refractivity contribution >= 4 is 23.6 Å². The van der Waals surface area contributed by atoms with Gasteiger partial charge in [-0.2, -0.15) is 0 Å². The van der Waals surface area contributed by atoms with E-state index in [4.69, 9.17) is 0 Å². The van der Waals surface area contributed by atoms with Gasteiger partial charge in [0.15, 0.2) is 0 Å². The number of carbonyl (C=O) groups is 2. The third-order valence-electron chi connectivity index (χ3n) is 5.15. The summed E-state index contributed by atoms with van der Waals surface area (Å²) in [5.41, 5.74) is 4.43. The summed E-state index contributed by atoms with van der Waals surface area (Å²) in [6.45, 7) is 0.791. The molecule has 2 aromatic rings. The average molecular weight is 346 g/mol. The van der Waals surface area contributed by atoms with Crippen LogP contribution in [-0.4, -0.2) is 18.4 Å². The lowest BCUT2D eigenvalue weighted by molar-refractivity contribution is -0.117. The van der Waals surface area contributed by atoms with E-state index in [0.717, 1.165) is 37.1 Å². The Morgan fingerprint density at radius 2 is 1.88 bits per heavy atom. The van der Waals surface area contributed by atoms with Crippen molar-refractivity contribution in [1.82, 2.24) is 5.32 Å². The third kappa shape index (κ3) is 3.40. The summed E-state index contributed by atoms with van der Waals surface area (Å²) in [6.07, 6.45) is 6.92. The highest BCUT2D eigenvalue weighted by Gasteiger charge is 2.23. The zero-order chi connectivity index (χ0) is 17.9. The second-order valence-corrected chi connectivity index (χ2v) is 6.87. The standard InChI is InChI=1S/C22H22N2O2/c25-21(23-20-13-10-17-4-1-2-5-19(17)20)14-9-16-7-11-18(12-8-16)24-15-3-6-22(24)26/h1-2,4-5,7-9,11-12,14,20H,3,6,10,13,15H2,(H,23,25)/b14-9+. The molecule has 0 radical (unpaired) electrons. The van der Waals surface area contributed by atoms with Gasteiger partial charge in [-0.1, -0.05) is 36.4 Å². The molecule has 1 atom stereocenters. The maximum atomic E-state index is 12.3. The Hall–Kier alpha value is -2.88. The number of anilines is 1. The second kappa shape index (κ2) is 7.16. The minimum atomic E-state index is -0.0782. The molecule has 4 rings (SSSR count). The highest BCUT2D eigenvalue weighted by atomic mass is 16.2. The molecule has 0 spiro atoms. The molecule has 2 aliphatic rings. The van der Waals surface area contributed by atoms with Gasteiger partial charge in [-0.15, -0.1) is 0 Å². The first kappa shape index (κ1) is 16.6. The average Bonchev–Trinajstić information content (AvgIpc) is 3.27. The van der Waals surface area contributed by atoms with Gasteiger partial charge in [0, 0.05) is 24.7 Å². The predicted molar refractivity (Wildman–Crippen MR) is 103 cm³/mol. The van der Waals surface area contributed by atoms with E-state index in [1.807, 2.05) is 47.4 Å². The minimum Gasteiger partial charge on any atom is -0.346 e. The van der Waals surface area contributed by atoms with Crippen LogP contribution in [0.2, 0.25) is 0 Å². The fraction of sp³-hybridized carbons (Fsp3) is 0.273. The van der Waals surface area contributed by atoms with Gasteiger partial charge >= 0.3 is 0 Å². The molecule has 1 N–H and O–H groups in total. The van der Waals surface area contributed by atoms with Gasteiger partial charge in [0.1, 0.15) is 0 Å². The summed E-state index contributed by atoms with van der Waals surface area (Å²) in [4.78, 5) is 25.9. The van der Waals surface area contributed by atoms with Crippen LogP contribution in [-0.2, 0) is 16.0 Å². The Bertz CT molecular complexity index is 855. The molecule has 132 valence electrons. The van der Waals surface area contributed by atoms with Gasteiger partial charge in [0.05, 0.1) is 6.04 Å². The van der Waals surface area contributed by atoms with E-state index in [1.165, 1.54) is 11.1 Å². The van der Waals surface area contributed by atoms with Gasteiger partial charge in [-0.05, 0) is 54.2 Å². The summed E-state index contributed by atoms with van der Waals surface area (Å²) < 4.78 is 0. The van der Waals surface area contributed by atoms with Gasteiger partial charge in [0.25, 0.3) is 0 Å². The zero-order valence-electron chi connectivity index (χ0n) is 14.7. The van der Waals surface area contributed by atoms with Crippen molar-refractivity contribution in [1.29, 1.82) is 0 Å². The van der Waals surface area contributed by atoms with E-state index in [1.54, 1.807) is 6.08 Å². The summed E-state index contributed by atoms with van der Waals surface area (Å²) in [7, 11) is 0. The fourth-order valence-electron chi connectivity index (χ4n) is 3.79. The molecule has 26 heavy (non-hydrogen) atoms. The van der Waals surface area contributed by atoms with E-state index < -0.39 is 0 Å². The maximum absolute atomic E-state index is 12.3. The molecule has 1 aliphatic heterocycles. The number of nitrogens with one attached hydrogen (secondary N) is 1. The van der Waals surface area contributed by atoms with Gasteiger partial charge < -0.3 is 10.2 Å². The monoisotopic (exact) mass is 346 g/mol. The van der Waals surface area contributed by atoms with Crippen molar-refractivity contribution in [3.05, 3.63) is 71.3 Å². The number of fused-ring (bicyclic) bond motifs is 1. The van der Waals surface area contributed by atoms with Crippen LogP contribution in [0.15, 0.2) is 54.6 Å². The number of hydrogen-bond acceptors (Lipinski definition) is 2. The smallest absolute Gasteiger partial charge is 0.244 e. The predicted octanol–water partition coefficient (Wildman–Crippen LogP) is 3.63. The Kier molecular flexibility index (Phi) is 4.57. The molecule has 1 saturated heterocycles. The Morgan fingerprint density at radius 3 is 2.65 bits per heavy atom. The molecular formula is C22H22N2O2. The van der Waals surface area contributed by atoms with Crippen molar-refractivity contribution in [3.8, 4) is 0 Å². The topological polar surface area (TPSA) is 49.4 Å². The lowest BCUT2D eigenvalue weighted by Gasteiger charge is -2.15. The number of amides is 2. The lowest BCUT2D eigenvalue weighted by atomic mass is 10.1. The van der Waals surface area contributed by atoms with Crippen molar-refractivity contribution in [2.24, 2.45) is 0 Å². The van der Waals surface area contributed by atoms with Crippen LogP contribution in [0.3, 0.4) is 0 Å². The van der Waals surface area contributed by atoms with Crippen molar-refractivity contribution in [3.63, 3.8) is 0 Å². The van der Waals surface area contributed by atoms with E-state index in [0.29, 0.717) is 6.42 Å². The van der Waals surface area contributed by atoms with E-state index in [-0.39, 0.29) is 17.9 Å². The number of carbonyl (C=O) groups excluding carboxylic acids is 2. The third-order valence-corrected chi connectivity index (χ3v) is 5.15. The zero-order valence-corrected chi connectivity index (χ0v) is 14.7. The van der Waals surface area contributed by atoms with Crippen molar-refractivity contribution in [2.75, 3.05) is 11.4 Å². The van der Waals surface area contributed by atoms with Crippen LogP contribution >= 0.6 is 0 Å². The first-order valence-corrected chi connectivity index (χ1v) is 9.17. The van der Waals surface area contributed by atoms with Crippen LogP contribution in [0.4, 0.5) is 5.69 Å². The molecule has 1 fully saturated rings. The van der Waals surface area contributed by atoms with Gasteiger partial charge in [-0.3, -0.25) is 9.59 Å². The highest BCUT2D eigenvalue weighted by Crippen LogP contribution is 2.30. The normalized spacial score (nSPS) is 19.2. The number of benzene rings is 2. The fourth-order valence-corrected chi connectivity index (χ4v) is 3.79. The summed E-state index contributed by atoms with van der Waals surface area (Å²) in [6, 6.07) is 16.1. The SMILES string of the molecule is O=C(/C=C/c1ccc(N2CCCC2=O)cc1)NC1CCc2ccccc21. The Morgan fingerprint density at radius 1 is 1.08 bits per heavy atom. The number of rotatable bonds is 4. The maximum Gasteiger partial charge on any atom is 0.244 e. The summed E-state index contributed by atoms with van der Waals surface area (Å²) in [5.74, 6) is 0.106. The molecule has 2 aromatic carbocycles. The molecule has 4 heteroatoms. The van der Waals surface area contributed by atoms with Crippen LogP contribution < -0.4 is 10.2 Å². The van der Waals surface area contributed by atoms with E-state index in [2.05, 4.69) is 17.4 Å². The molecule has 0 saturated carbocycles. The number of hydrogen-bond donors (Lipinski definition) is 1. The lowest BCUT2D eigenvalue weighted by Crippen LogP contribution is -2.25. The molecule has 0 bridgehead atoms. The summed E-state index contributed by atoms with van der Waals surface area (Å²) in [5, 5.41) is 3.09. The largest absolute Gasteiger partial charge is 0.346 e. The molecule has 1 aliphatic carbocycles. The van der Waals surface area contributed by atoms with E-state index in [9.17, 15) is 9.59 Å². The number of nitrogens with zero attached hydrogens (tertiary/aromatic N) is 1. The molecule has 1 unspecified atom stereocenters. The summed E-state index contributed by atoms with van der Waals surface area (Å²) >= 11 is 0. The quantitative estimate of drug-likeness (QED) is 0.860. The van der Waals surface area contributed by atoms with Gasteiger partial charge in [-0.25, -0.2) is 0 Å².